The van der Waals surface area contributed by atoms with Crippen LogP contribution in [0.1, 0.15) is 63.6 Å². The smallest absolute Gasteiger partial charge is 0.338 e. The summed E-state index contributed by atoms with van der Waals surface area (Å²) < 4.78 is 13.0. The van der Waals surface area contributed by atoms with Gasteiger partial charge in [0.2, 0.25) is 0 Å². The van der Waals surface area contributed by atoms with Crippen LogP contribution in [-0.2, 0) is 9.53 Å². The van der Waals surface area contributed by atoms with Gasteiger partial charge in [0.1, 0.15) is 11.8 Å². The number of fused-ring (bicyclic) bond motifs is 1. The van der Waals surface area contributed by atoms with Crippen LogP contribution in [0.25, 0.3) is 6.08 Å². The molecule has 2 aliphatic heterocycles. The number of nitrogens with zero attached hydrogens (tertiary/aromatic N) is 4. The van der Waals surface area contributed by atoms with Crippen LogP contribution in [-0.4, -0.2) is 42.3 Å². The molecule has 1 aromatic heterocycles. The van der Waals surface area contributed by atoms with Crippen molar-refractivity contribution in [1.82, 2.24) is 4.57 Å². The van der Waals surface area contributed by atoms with E-state index in [4.69, 9.17) is 14.5 Å². The Labute approximate surface area is 253 Å². The van der Waals surface area contributed by atoms with E-state index < -0.39 is 16.9 Å². The molecule has 0 bridgehead atoms. The number of carbonyl (C=O) groups is 1. The molecular weight excluding hydrogens is 568 g/mol. The van der Waals surface area contributed by atoms with E-state index in [9.17, 15) is 19.7 Å². The second-order valence-corrected chi connectivity index (χ2v) is 11.8. The Hall–Kier alpha value is -4.25. The normalized spacial score (nSPS) is 17.4. The number of anilines is 1. The fraction of sp³-hybridized carbons (Fsp3) is 0.406. The van der Waals surface area contributed by atoms with E-state index in [1.807, 2.05) is 25.1 Å². The van der Waals surface area contributed by atoms with E-state index in [2.05, 4.69) is 11.8 Å². The van der Waals surface area contributed by atoms with E-state index in [1.54, 1.807) is 32.2 Å². The predicted molar refractivity (Wildman–Crippen MR) is 166 cm³/mol. The first kappa shape index (κ1) is 30.2. The second-order valence-electron chi connectivity index (χ2n) is 10.8. The lowest BCUT2D eigenvalue weighted by molar-refractivity contribution is -0.384. The van der Waals surface area contributed by atoms with Crippen LogP contribution in [0.4, 0.5) is 11.4 Å². The highest BCUT2D eigenvalue weighted by atomic mass is 32.1. The topological polar surface area (TPSA) is 116 Å². The van der Waals surface area contributed by atoms with Crippen LogP contribution in [0, 0.1) is 16.0 Å². The van der Waals surface area contributed by atoms with Gasteiger partial charge in [-0.3, -0.25) is 19.5 Å². The van der Waals surface area contributed by atoms with Crippen molar-refractivity contribution in [2.24, 2.45) is 10.9 Å². The van der Waals surface area contributed by atoms with Crippen molar-refractivity contribution < 1.29 is 19.2 Å². The molecule has 0 radical (unpaired) electrons. The largest absolute Gasteiger partial charge is 0.496 e. The predicted octanol–water partition coefficient (Wildman–Crippen LogP) is 4.73. The summed E-state index contributed by atoms with van der Waals surface area (Å²) in [5.74, 6) is 0.615. The lowest BCUT2D eigenvalue weighted by Crippen LogP contribution is -2.40. The standard InChI is InChI=1S/C32H36N4O6S/c1-5-9-24-28(31(38)42-6-2)29(23-10-7-8-11-26(23)41-4)35-30(37)27(43-32(35)33-24)19-21-18-22(36(39)40)12-13-25(21)34-16-14-20(3)15-17-34/h7-8,10-13,18-20,29H,5-6,9,14-17H2,1-4H3/b27-19+/t29-/m0/s1. The van der Waals surface area contributed by atoms with E-state index in [1.165, 1.54) is 28.0 Å². The third-order valence-corrected chi connectivity index (χ3v) is 8.94. The number of non-ortho nitro benzene ring substituents is 1. The number of hydrogen-bond acceptors (Lipinski definition) is 9. The van der Waals surface area contributed by atoms with Gasteiger partial charge in [0.05, 0.1) is 34.4 Å². The zero-order valence-corrected chi connectivity index (χ0v) is 25.7. The van der Waals surface area contributed by atoms with Crippen LogP contribution in [0.3, 0.4) is 0 Å². The maximum Gasteiger partial charge on any atom is 0.338 e. The monoisotopic (exact) mass is 604 g/mol. The molecule has 3 aromatic rings. The average Bonchev–Trinajstić information content (AvgIpc) is 3.31. The van der Waals surface area contributed by atoms with Gasteiger partial charge in [-0.25, -0.2) is 9.79 Å². The Kier molecular flexibility index (Phi) is 9.10. The van der Waals surface area contributed by atoms with Crippen molar-refractivity contribution in [3.05, 3.63) is 94.7 Å². The Bertz CT molecular complexity index is 1750. The number of rotatable bonds is 9. The SMILES string of the molecule is CCCC1=C(C(=O)OCC)[C@H](c2ccccc2OC)n2c(s/c(=C/c3cc([N+](=O)[O-])ccc3N3CCC(C)CC3)c2=O)=N1. The van der Waals surface area contributed by atoms with Gasteiger partial charge in [0.15, 0.2) is 4.80 Å². The van der Waals surface area contributed by atoms with Crippen molar-refractivity contribution in [1.29, 1.82) is 0 Å². The zero-order chi connectivity index (χ0) is 30.7. The molecule has 1 atom stereocenters. The number of esters is 1. The molecule has 11 heteroatoms. The molecule has 1 saturated heterocycles. The molecule has 0 saturated carbocycles. The number of ether oxygens (including phenoxy) is 2. The van der Waals surface area contributed by atoms with Crippen molar-refractivity contribution in [2.75, 3.05) is 31.7 Å². The van der Waals surface area contributed by atoms with Gasteiger partial charge in [-0.2, -0.15) is 0 Å². The van der Waals surface area contributed by atoms with Crippen molar-refractivity contribution in [3.8, 4) is 5.75 Å². The molecule has 2 aliphatic rings. The Morgan fingerprint density at radius 3 is 2.60 bits per heavy atom. The van der Waals surface area contributed by atoms with Crippen LogP contribution >= 0.6 is 11.3 Å². The highest BCUT2D eigenvalue weighted by Crippen LogP contribution is 2.37. The molecule has 5 rings (SSSR count). The molecule has 43 heavy (non-hydrogen) atoms. The maximum atomic E-state index is 14.3. The van der Waals surface area contributed by atoms with Gasteiger partial charge >= 0.3 is 5.97 Å². The van der Waals surface area contributed by atoms with Crippen LogP contribution in [0.2, 0.25) is 0 Å². The zero-order valence-electron chi connectivity index (χ0n) is 24.9. The quantitative estimate of drug-likeness (QED) is 0.197. The molecule has 3 heterocycles. The number of allylic oxidation sites excluding steroid dienone is 1. The van der Waals surface area contributed by atoms with E-state index in [0.29, 0.717) is 49.8 Å². The van der Waals surface area contributed by atoms with Crippen molar-refractivity contribution in [3.63, 3.8) is 0 Å². The molecule has 0 unspecified atom stereocenters. The number of benzene rings is 2. The number of hydrogen-bond donors (Lipinski definition) is 0. The minimum Gasteiger partial charge on any atom is -0.496 e. The number of aromatic nitrogens is 1. The highest BCUT2D eigenvalue weighted by molar-refractivity contribution is 7.07. The summed E-state index contributed by atoms with van der Waals surface area (Å²) in [6, 6.07) is 11.3. The third kappa shape index (κ3) is 5.99. The Morgan fingerprint density at radius 2 is 1.93 bits per heavy atom. The number of nitro groups is 1. The first-order chi connectivity index (χ1) is 20.8. The molecule has 0 spiro atoms. The Balaban J connectivity index is 1.75. The summed E-state index contributed by atoms with van der Waals surface area (Å²) in [4.78, 5) is 46.5. The lowest BCUT2D eigenvalue weighted by Gasteiger charge is -2.33. The molecule has 226 valence electrons. The second kappa shape index (κ2) is 12.9. The van der Waals surface area contributed by atoms with Gasteiger partial charge in [0.25, 0.3) is 11.2 Å². The minimum atomic E-state index is -0.816. The summed E-state index contributed by atoms with van der Waals surface area (Å²) in [5.41, 5.74) is 2.58. The number of para-hydroxylation sites is 1. The summed E-state index contributed by atoms with van der Waals surface area (Å²) in [5, 5.41) is 11.7. The van der Waals surface area contributed by atoms with E-state index in [-0.39, 0.29) is 17.9 Å². The fourth-order valence-corrected chi connectivity index (χ4v) is 6.77. The number of piperidine rings is 1. The maximum absolute atomic E-state index is 14.3. The number of carbonyl (C=O) groups excluding carboxylic acids is 1. The number of nitro benzene ring substituents is 1. The van der Waals surface area contributed by atoms with Gasteiger partial charge in [-0.05, 0) is 50.3 Å². The number of methoxy groups -OCH3 is 1. The molecule has 0 amide bonds. The van der Waals surface area contributed by atoms with Gasteiger partial charge in [-0.15, -0.1) is 0 Å². The molecule has 0 aliphatic carbocycles. The lowest BCUT2D eigenvalue weighted by atomic mass is 9.93. The summed E-state index contributed by atoms with van der Waals surface area (Å²) >= 11 is 1.21. The molecule has 2 aromatic carbocycles. The first-order valence-electron chi connectivity index (χ1n) is 14.7. The molecule has 1 fully saturated rings. The third-order valence-electron chi connectivity index (χ3n) is 7.96. The van der Waals surface area contributed by atoms with Crippen LogP contribution < -0.4 is 24.5 Å². The molecule has 10 nitrogen and oxygen atoms in total. The van der Waals surface area contributed by atoms with Gasteiger partial charge in [0, 0.05) is 42.0 Å². The first-order valence-corrected chi connectivity index (χ1v) is 15.5. The summed E-state index contributed by atoms with van der Waals surface area (Å²) in [6.07, 6.45) is 5.02. The average molecular weight is 605 g/mol. The molecular formula is C32H36N4O6S. The fourth-order valence-electron chi connectivity index (χ4n) is 5.76. The van der Waals surface area contributed by atoms with Gasteiger partial charge in [-0.1, -0.05) is 49.8 Å². The highest BCUT2D eigenvalue weighted by Gasteiger charge is 2.36. The van der Waals surface area contributed by atoms with E-state index >= 15 is 0 Å². The van der Waals surface area contributed by atoms with Gasteiger partial charge < -0.3 is 14.4 Å². The van der Waals surface area contributed by atoms with Crippen LogP contribution in [0.15, 0.2) is 63.5 Å². The summed E-state index contributed by atoms with van der Waals surface area (Å²) in [7, 11) is 1.55. The number of thiazole rings is 1. The molecule has 0 N–H and O–H groups in total. The van der Waals surface area contributed by atoms with Crippen LogP contribution in [0.5, 0.6) is 5.75 Å². The minimum absolute atomic E-state index is 0.0464. The van der Waals surface area contributed by atoms with Crippen molar-refractivity contribution in [2.45, 2.75) is 52.5 Å². The van der Waals surface area contributed by atoms with Crippen molar-refractivity contribution >= 4 is 34.8 Å². The van der Waals surface area contributed by atoms with E-state index in [0.717, 1.165) is 38.0 Å². The summed E-state index contributed by atoms with van der Waals surface area (Å²) in [6.45, 7) is 7.81. The Morgan fingerprint density at radius 1 is 1.19 bits per heavy atom.